The summed E-state index contributed by atoms with van der Waals surface area (Å²) in [6.07, 6.45) is 1.18. The Morgan fingerprint density at radius 2 is 1.63 bits per heavy atom. The third-order valence-electron chi connectivity index (χ3n) is 2.49. The second-order valence-corrected chi connectivity index (χ2v) is 3.78. The summed E-state index contributed by atoms with van der Waals surface area (Å²) in [5.74, 6) is -0.101. The number of ether oxygens (including phenoxy) is 1. The van der Waals surface area contributed by atoms with E-state index in [1.807, 2.05) is 42.5 Å². The Labute approximate surface area is 110 Å². The van der Waals surface area contributed by atoms with Crippen molar-refractivity contribution in [1.82, 2.24) is 0 Å². The average molecular weight is 253 g/mol. The molecule has 2 aromatic carbocycles. The van der Waals surface area contributed by atoms with Crippen LogP contribution in [-0.2, 0) is 9.59 Å². The number of nitrogens with zero attached hydrogens (tertiary/aromatic N) is 1. The van der Waals surface area contributed by atoms with Crippen molar-refractivity contribution in [2.45, 2.75) is 0 Å². The summed E-state index contributed by atoms with van der Waals surface area (Å²) < 4.78 is 5.19. The van der Waals surface area contributed by atoms with E-state index in [0.29, 0.717) is 5.75 Å². The maximum atomic E-state index is 11.0. The van der Waals surface area contributed by atoms with Gasteiger partial charge in [0, 0.05) is 0 Å². The molecule has 94 valence electrons. The van der Waals surface area contributed by atoms with Crippen molar-refractivity contribution in [3.05, 3.63) is 54.6 Å². The van der Waals surface area contributed by atoms with Crippen molar-refractivity contribution in [3.8, 4) is 16.9 Å². The van der Waals surface area contributed by atoms with Crippen LogP contribution in [0.1, 0.15) is 0 Å². The maximum absolute atomic E-state index is 11.0. The molecule has 4 heteroatoms. The number of rotatable bonds is 4. The molecule has 19 heavy (non-hydrogen) atoms. The molecule has 0 unspecified atom stereocenters. The van der Waals surface area contributed by atoms with Crippen LogP contribution < -0.4 is 4.74 Å². The summed E-state index contributed by atoms with van der Waals surface area (Å²) in [7, 11) is 0. The number of hydrogen-bond acceptors (Lipinski definition) is 3. The Bertz CT molecular complexity index is 599. The Kier molecular flexibility index (Phi) is 4.21. The molecule has 0 saturated heterocycles. The second kappa shape index (κ2) is 6.28. The first-order valence-electron chi connectivity index (χ1n) is 5.68. The molecule has 0 N–H and O–H groups in total. The zero-order valence-corrected chi connectivity index (χ0v) is 10.1. The lowest BCUT2D eigenvalue weighted by molar-refractivity contribution is -0.119. The van der Waals surface area contributed by atoms with Crippen LogP contribution in [0.2, 0.25) is 0 Å². The minimum Gasteiger partial charge on any atom is -0.484 e. The van der Waals surface area contributed by atoms with Gasteiger partial charge in [0.2, 0.25) is 6.08 Å². The number of aliphatic imine (C=N–C) groups is 1. The smallest absolute Gasteiger partial charge is 0.294 e. The first-order chi connectivity index (χ1) is 9.29. The first-order valence-corrected chi connectivity index (χ1v) is 5.68. The molecule has 0 radical (unpaired) electrons. The van der Waals surface area contributed by atoms with E-state index in [1.165, 1.54) is 6.08 Å². The van der Waals surface area contributed by atoms with Crippen LogP contribution in [0.5, 0.6) is 5.75 Å². The van der Waals surface area contributed by atoms with E-state index in [1.54, 1.807) is 12.1 Å². The maximum Gasteiger partial charge on any atom is 0.294 e. The number of benzene rings is 2. The van der Waals surface area contributed by atoms with Crippen molar-refractivity contribution < 1.29 is 14.3 Å². The van der Waals surface area contributed by atoms with Gasteiger partial charge in [0.05, 0.1) is 0 Å². The quantitative estimate of drug-likeness (QED) is 0.621. The number of carbonyl (C=O) groups excluding carboxylic acids is 2. The van der Waals surface area contributed by atoms with E-state index in [9.17, 15) is 9.59 Å². The molecule has 0 aliphatic carbocycles. The highest BCUT2D eigenvalue weighted by atomic mass is 16.5. The fourth-order valence-corrected chi connectivity index (χ4v) is 1.60. The van der Waals surface area contributed by atoms with Crippen molar-refractivity contribution in [1.29, 1.82) is 0 Å². The van der Waals surface area contributed by atoms with Gasteiger partial charge in [0.1, 0.15) is 5.75 Å². The molecule has 0 bridgehead atoms. The van der Waals surface area contributed by atoms with Crippen LogP contribution in [0, 0.1) is 0 Å². The molecule has 0 heterocycles. The normalized spacial score (nSPS) is 9.47. The van der Waals surface area contributed by atoms with Gasteiger partial charge in [-0.25, -0.2) is 4.79 Å². The minimum absolute atomic E-state index is 0.264. The molecule has 0 fully saturated rings. The fourth-order valence-electron chi connectivity index (χ4n) is 1.60. The highest BCUT2D eigenvalue weighted by Gasteiger charge is 2.01. The molecule has 2 rings (SSSR count). The standard InChI is InChI=1S/C15H11NO3/c17-11-16-15(18)10-19-14-8-6-13(7-9-14)12-4-2-1-3-5-12/h1-9H,10H2. The molecule has 2 aromatic rings. The Morgan fingerprint density at radius 3 is 2.26 bits per heavy atom. The van der Waals surface area contributed by atoms with Crippen LogP contribution in [0.25, 0.3) is 11.1 Å². The van der Waals surface area contributed by atoms with Crippen LogP contribution in [0.4, 0.5) is 0 Å². The minimum atomic E-state index is -0.651. The SMILES string of the molecule is O=C=NC(=O)COc1ccc(-c2ccccc2)cc1. The molecule has 0 aliphatic heterocycles. The predicted molar refractivity (Wildman–Crippen MR) is 70.5 cm³/mol. The molecule has 0 aliphatic rings. The van der Waals surface area contributed by atoms with Crippen molar-refractivity contribution in [3.63, 3.8) is 0 Å². The van der Waals surface area contributed by atoms with Crippen molar-refractivity contribution in [2.75, 3.05) is 6.61 Å². The fraction of sp³-hybridized carbons (Fsp3) is 0.0667. The highest BCUT2D eigenvalue weighted by Crippen LogP contribution is 2.21. The van der Waals surface area contributed by atoms with Gasteiger partial charge in [-0.3, -0.25) is 4.79 Å². The van der Waals surface area contributed by atoms with Crippen LogP contribution in [0.15, 0.2) is 59.6 Å². The second-order valence-electron chi connectivity index (χ2n) is 3.78. The monoisotopic (exact) mass is 253 g/mol. The third-order valence-corrected chi connectivity index (χ3v) is 2.49. The van der Waals surface area contributed by atoms with E-state index in [4.69, 9.17) is 4.74 Å². The van der Waals surface area contributed by atoms with Gasteiger partial charge in [-0.05, 0) is 23.3 Å². The van der Waals surface area contributed by atoms with Crippen LogP contribution >= 0.6 is 0 Å². The van der Waals surface area contributed by atoms with Crippen molar-refractivity contribution in [2.24, 2.45) is 4.99 Å². The predicted octanol–water partition coefficient (Wildman–Crippen LogP) is 2.59. The summed E-state index contributed by atoms with van der Waals surface area (Å²) in [4.78, 5) is 23.7. The number of carbonyl (C=O) groups is 1. The van der Waals surface area contributed by atoms with Gasteiger partial charge in [0.15, 0.2) is 6.61 Å². The van der Waals surface area contributed by atoms with Gasteiger partial charge in [-0.15, -0.1) is 4.99 Å². The zero-order valence-electron chi connectivity index (χ0n) is 10.1. The molecule has 0 spiro atoms. The lowest BCUT2D eigenvalue weighted by Crippen LogP contribution is -2.07. The molecule has 0 atom stereocenters. The van der Waals surface area contributed by atoms with Crippen LogP contribution in [-0.4, -0.2) is 18.6 Å². The van der Waals surface area contributed by atoms with E-state index in [-0.39, 0.29) is 6.61 Å². The molecule has 1 amide bonds. The summed E-state index contributed by atoms with van der Waals surface area (Å²) in [6, 6.07) is 17.2. The number of isocyanates is 1. The van der Waals surface area contributed by atoms with E-state index < -0.39 is 5.91 Å². The van der Waals surface area contributed by atoms with Crippen LogP contribution in [0.3, 0.4) is 0 Å². The topological polar surface area (TPSA) is 55.7 Å². The van der Waals surface area contributed by atoms with Gasteiger partial charge in [-0.1, -0.05) is 42.5 Å². The number of amides is 1. The Morgan fingerprint density at radius 1 is 1.00 bits per heavy atom. The van der Waals surface area contributed by atoms with E-state index in [2.05, 4.69) is 4.99 Å². The summed E-state index contributed by atoms with van der Waals surface area (Å²) in [5.41, 5.74) is 2.17. The molecule has 4 nitrogen and oxygen atoms in total. The molecule has 0 aromatic heterocycles. The lowest BCUT2D eigenvalue weighted by Gasteiger charge is -2.05. The van der Waals surface area contributed by atoms with E-state index >= 15 is 0 Å². The van der Waals surface area contributed by atoms with E-state index in [0.717, 1.165) is 11.1 Å². The Balaban J connectivity index is 2.03. The first kappa shape index (κ1) is 12.7. The number of hydrogen-bond donors (Lipinski definition) is 0. The summed E-state index contributed by atoms with van der Waals surface area (Å²) in [5, 5.41) is 0. The third kappa shape index (κ3) is 3.63. The van der Waals surface area contributed by atoms with Gasteiger partial charge >= 0.3 is 0 Å². The summed E-state index contributed by atoms with van der Waals surface area (Å²) in [6.45, 7) is -0.264. The largest absolute Gasteiger partial charge is 0.484 e. The molecule has 0 saturated carbocycles. The highest BCUT2D eigenvalue weighted by molar-refractivity contribution is 5.82. The van der Waals surface area contributed by atoms with Gasteiger partial charge < -0.3 is 4.74 Å². The summed E-state index contributed by atoms with van der Waals surface area (Å²) >= 11 is 0. The molecular formula is C15H11NO3. The zero-order chi connectivity index (χ0) is 13.5. The Hall–Kier alpha value is -2.71. The average Bonchev–Trinajstić information content (AvgIpc) is 2.47. The van der Waals surface area contributed by atoms with Crippen molar-refractivity contribution >= 4 is 12.0 Å². The van der Waals surface area contributed by atoms with Gasteiger partial charge in [0.25, 0.3) is 5.91 Å². The molecular weight excluding hydrogens is 242 g/mol. The van der Waals surface area contributed by atoms with Gasteiger partial charge in [-0.2, -0.15) is 0 Å². The lowest BCUT2D eigenvalue weighted by atomic mass is 10.1.